The van der Waals surface area contributed by atoms with Crippen LogP contribution in [0.25, 0.3) is 0 Å². The van der Waals surface area contributed by atoms with Gasteiger partial charge in [-0.3, -0.25) is 9.59 Å². The van der Waals surface area contributed by atoms with Gasteiger partial charge >= 0.3 is 0 Å². The van der Waals surface area contributed by atoms with Crippen molar-refractivity contribution in [2.75, 3.05) is 6.54 Å². The van der Waals surface area contributed by atoms with Crippen molar-refractivity contribution in [1.82, 2.24) is 4.90 Å². The standard InChI is InChI=1S/C20H23NO3/c1-15(22)17-9-11-18(12-10-17)19(23)21(14-20(2,3)24)13-16-7-5-4-6-8-16/h4-12,24H,13-14H2,1-3H3. The van der Waals surface area contributed by atoms with Crippen molar-refractivity contribution in [1.29, 1.82) is 0 Å². The predicted octanol–water partition coefficient (Wildman–Crippen LogP) is 3.30. The van der Waals surface area contributed by atoms with Crippen LogP contribution < -0.4 is 0 Å². The maximum atomic E-state index is 12.8. The molecule has 0 atom stereocenters. The first-order valence-electron chi connectivity index (χ1n) is 7.93. The first-order chi connectivity index (χ1) is 11.3. The Morgan fingerprint density at radius 1 is 0.958 bits per heavy atom. The van der Waals surface area contributed by atoms with Crippen LogP contribution >= 0.6 is 0 Å². The topological polar surface area (TPSA) is 57.6 Å². The summed E-state index contributed by atoms with van der Waals surface area (Å²) in [6.45, 7) is 5.48. The molecular weight excluding hydrogens is 302 g/mol. The van der Waals surface area contributed by atoms with Gasteiger partial charge in [0.1, 0.15) is 0 Å². The van der Waals surface area contributed by atoms with Gasteiger partial charge < -0.3 is 10.0 Å². The highest BCUT2D eigenvalue weighted by Gasteiger charge is 2.23. The van der Waals surface area contributed by atoms with E-state index < -0.39 is 5.60 Å². The molecule has 24 heavy (non-hydrogen) atoms. The molecule has 4 heteroatoms. The average molecular weight is 325 g/mol. The zero-order chi connectivity index (χ0) is 17.7. The zero-order valence-electron chi connectivity index (χ0n) is 14.3. The van der Waals surface area contributed by atoms with Crippen LogP contribution in [0.2, 0.25) is 0 Å². The van der Waals surface area contributed by atoms with Crippen LogP contribution in [0.3, 0.4) is 0 Å². The van der Waals surface area contributed by atoms with E-state index in [1.807, 2.05) is 30.3 Å². The van der Waals surface area contributed by atoms with Crippen LogP contribution in [0, 0.1) is 0 Å². The quantitative estimate of drug-likeness (QED) is 0.829. The molecule has 0 radical (unpaired) electrons. The van der Waals surface area contributed by atoms with Crippen molar-refractivity contribution in [2.24, 2.45) is 0 Å². The van der Waals surface area contributed by atoms with E-state index in [-0.39, 0.29) is 18.2 Å². The number of hydrogen-bond acceptors (Lipinski definition) is 3. The Balaban J connectivity index is 2.24. The summed E-state index contributed by atoms with van der Waals surface area (Å²) in [5, 5.41) is 10.1. The third-order valence-electron chi connectivity index (χ3n) is 3.62. The van der Waals surface area contributed by atoms with Gasteiger partial charge in [-0.15, -0.1) is 0 Å². The monoisotopic (exact) mass is 325 g/mol. The number of aliphatic hydroxyl groups is 1. The fraction of sp³-hybridized carbons (Fsp3) is 0.300. The molecule has 0 aliphatic carbocycles. The second-order valence-electron chi connectivity index (χ2n) is 6.59. The summed E-state index contributed by atoms with van der Waals surface area (Å²) in [6, 6.07) is 16.3. The maximum absolute atomic E-state index is 12.8. The molecule has 1 N–H and O–H groups in total. The highest BCUT2D eigenvalue weighted by Crippen LogP contribution is 2.15. The van der Waals surface area contributed by atoms with Crippen molar-refractivity contribution in [2.45, 2.75) is 32.9 Å². The van der Waals surface area contributed by atoms with Gasteiger partial charge in [-0.1, -0.05) is 42.5 Å². The van der Waals surface area contributed by atoms with E-state index in [1.54, 1.807) is 43.0 Å². The Morgan fingerprint density at radius 2 is 1.50 bits per heavy atom. The number of benzene rings is 2. The van der Waals surface area contributed by atoms with E-state index >= 15 is 0 Å². The highest BCUT2D eigenvalue weighted by molar-refractivity contribution is 5.97. The summed E-state index contributed by atoms with van der Waals surface area (Å²) in [5.74, 6) is -0.206. The molecule has 2 aromatic rings. The first kappa shape index (κ1) is 17.9. The molecule has 0 aliphatic rings. The minimum absolute atomic E-state index is 0.0355. The van der Waals surface area contributed by atoms with Gasteiger partial charge in [0, 0.05) is 24.2 Å². The second-order valence-corrected chi connectivity index (χ2v) is 6.59. The van der Waals surface area contributed by atoms with Gasteiger partial charge in [0.25, 0.3) is 5.91 Å². The first-order valence-corrected chi connectivity index (χ1v) is 7.93. The lowest BCUT2D eigenvalue weighted by Gasteiger charge is -2.29. The molecule has 0 spiro atoms. The lowest BCUT2D eigenvalue weighted by atomic mass is 10.1. The number of hydrogen-bond donors (Lipinski definition) is 1. The number of nitrogens with zero attached hydrogens (tertiary/aromatic N) is 1. The predicted molar refractivity (Wildman–Crippen MR) is 93.9 cm³/mol. The molecule has 2 aromatic carbocycles. The lowest BCUT2D eigenvalue weighted by molar-refractivity contribution is 0.0280. The van der Waals surface area contributed by atoms with Crippen LogP contribution in [-0.2, 0) is 6.54 Å². The van der Waals surface area contributed by atoms with Crippen LogP contribution in [0.4, 0.5) is 0 Å². The average Bonchev–Trinajstić information content (AvgIpc) is 2.53. The Kier molecular flexibility index (Phi) is 5.52. The van der Waals surface area contributed by atoms with Crippen molar-refractivity contribution in [3.05, 3.63) is 71.3 Å². The third-order valence-corrected chi connectivity index (χ3v) is 3.62. The minimum Gasteiger partial charge on any atom is -0.389 e. The van der Waals surface area contributed by atoms with E-state index in [2.05, 4.69) is 0 Å². The van der Waals surface area contributed by atoms with Crippen molar-refractivity contribution >= 4 is 11.7 Å². The Bertz CT molecular complexity index is 700. The largest absolute Gasteiger partial charge is 0.389 e. The molecule has 0 aromatic heterocycles. The zero-order valence-corrected chi connectivity index (χ0v) is 14.3. The Hall–Kier alpha value is -2.46. The summed E-state index contributed by atoms with van der Waals surface area (Å²) in [6.07, 6.45) is 0. The normalized spacial score (nSPS) is 11.2. The minimum atomic E-state index is -0.996. The van der Waals surface area contributed by atoms with Gasteiger partial charge in [-0.2, -0.15) is 0 Å². The van der Waals surface area contributed by atoms with Crippen LogP contribution in [0.15, 0.2) is 54.6 Å². The van der Waals surface area contributed by atoms with Crippen LogP contribution in [-0.4, -0.2) is 33.8 Å². The second kappa shape index (κ2) is 7.41. The van der Waals surface area contributed by atoms with Gasteiger partial charge in [-0.25, -0.2) is 0 Å². The summed E-state index contributed by atoms with van der Waals surface area (Å²) in [7, 11) is 0. The van der Waals surface area contributed by atoms with Crippen molar-refractivity contribution < 1.29 is 14.7 Å². The number of amides is 1. The van der Waals surface area contributed by atoms with Crippen LogP contribution in [0.1, 0.15) is 47.1 Å². The Labute approximate surface area is 142 Å². The van der Waals surface area contributed by atoms with Gasteiger partial charge in [0.15, 0.2) is 5.78 Å². The smallest absolute Gasteiger partial charge is 0.254 e. The molecule has 0 unspecified atom stereocenters. The van der Waals surface area contributed by atoms with Crippen molar-refractivity contribution in [3.63, 3.8) is 0 Å². The molecule has 0 heterocycles. The molecule has 0 aliphatic heterocycles. The maximum Gasteiger partial charge on any atom is 0.254 e. The van der Waals surface area contributed by atoms with E-state index in [4.69, 9.17) is 0 Å². The fourth-order valence-electron chi connectivity index (χ4n) is 2.50. The summed E-state index contributed by atoms with van der Waals surface area (Å²) in [4.78, 5) is 25.8. The molecule has 0 fully saturated rings. The fourth-order valence-corrected chi connectivity index (χ4v) is 2.50. The number of rotatable bonds is 6. The summed E-state index contributed by atoms with van der Waals surface area (Å²) in [5.41, 5.74) is 1.07. The summed E-state index contributed by atoms with van der Waals surface area (Å²) >= 11 is 0. The molecule has 2 rings (SSSR count). The summed E-state index contributed by atoms with van der Waals surface area (Å²) < 4.78 is 0. The SMILES string of the molecule is CC(=O)c1ccc(C(=O)N(Cc2ccccc2)CC(C)(C)O)cc1. The molecular formula is C20H23NO3. The van der Waals surface area contributed by atoms with Gasteiger partial charge in [-0.05, 0) is 38.5 Å². The van der Waals surface area contributed by atoms with Crippen molar-refractivity contribution in [3.8, 4) is 0 Å². The molecule has 4 nitrogen and oxygen atoms in total. The third kappa shape index (κ3) is 5.03. The number of ketones is 1. The van der Waals surface area contributed by atoms with Gasteiger partial charge in [0.05, 0.1) is 5.60 Å². The molecule has 126 valence electrons. The van der Waals surface area contributed by atoms with Crippen LogP contribution in [0.5, 0.6) is 0 Å². The molecule has 0 bridgehead atoms. The number of carbonyl (C=O) groups excluding carboxylic acids is 2. The number of carbonyl (C=O) groups is 2. The Morgan fingerprint density at radius 3 is 2.00 bits per heavy atom. The highest BCUT2D eigenvalue weighted by atomic mass is 16.3. The lowest BCUT2D eigenvalue weighted by Crippen LogP contribution is -2.41. The number of Topliss-reactive ketones (excluding diaryl/α,β-unsaturated/α-hetero) is 1. The molecule has 0 saturated carbocycles. The van der Waals surface area contributed by atoms with E-state index in [9.17, 15) is 14.7 Å². The van der Waals surface area contributed by atoms with E-state index in [0.29, 0.717) is 17.7 Å². The van der Waals surface area contributed by atoms with E-state index in [1.165, 1.54) is 6.92 Å². The molecule has 0 saturated heterocycles. The molecule has 1 amide bonds. The van der Waals surface area contributed by atoms with Gasteiger partial charge in [0.2, 0.25) is 0 Å². The van der Waals surface area contributed by atoms with E-state index in [0.717, 1.165) is 5.56 Å².